The van der Waals surface area contributed by atoms with E-state index in [2.05, 4.69) is 174 Å². The summed E-state index contributed by atoms with van der Waals surface area (Å²) in [6.45, 7) is 0. The van der Waals surface area contributed by atoms with Gasteiger partial charge >= 0.3 is 0 Å². The van der Waals surface area contributed by atoms with Crippen LogP contribution >= 0.6 is 0 Å². The molecule has 4 heteroatoms. The zero-order valence-electron chi connectivity index (χ0n) is 27.6. The van der Waals surface area contributed by atoms with Crippen LogP contribution in [0.5, 0.6) is 0 Å². The Morgan fingerprint density at radius 2 is 1.06 bits per heavy atom. The molecule has 8 aromatic carbocycles. The van der Waals surface area contributed by atoms with Crippen molar-refractivity contribution in [3.63, 3.8) is 0 Å². The monoisotopic (exact) mass is 650 g/mol. The highest BCUT2D eigenvalue weighted by atomic mass is 15.2. The lowest BCUT2D eigenvalue weighted by Gasteiger charge is -2.24. The molecule has 0 fully saturated rings. The molecular formula is C47H30N4. The van der Waals surface area contributed by atoms with Crippen LogP contribution in [-0.2, 0) is 0 Å². The highest BCUT2D eigenvalue weighted by molar-refractivity contribution is 6.21. The molecule has 1 unspecified atom stereocenters. The molecular weight excluding hydrogens is 621 g/mol. The highest BCUT2D eigenvalue weighted by Gasteiger charge is 2.26. The Morgan fingerprint density at radius 3 is 1.84 bits per heavy atom. The number of hydrogen-bond acceptors (Lipinski definition) is 3. The molecule has 0 spiro atoms. The number of nitrogens with zero attached hydrogens (tertiary/aromatic N) is 3. The predicted octanol–water partition coefficient (Wildman–Crippen LogP) is 11.2. The minimum atomic E-state index is -0.429. The molecule has 4 nitrogen and oxygen atoms in total. The van der Waals surface area contributed by atoms with E-state index in [1.165, 1.54) is 54.8 Å². The van der Waals surface area contributed by atoms with Crippen LogP contribution < -0.4 is 5.32 Å². The lowest BCUT2D eigenvalue weighted by Crippen LogP contribution is -2.36. The van der Waals surface area contributed by atoms with Crippen LogP contribution in [-0.4, -0.2) is 16.2 Å². The van der Waals surface area contributed by atoms with E-state index in [-0.39, 0.29) is 0 Å². The molecule has 238 valence electrons. The fourth-order valence-electron chi connectivity index (χ4n) is 8.29. The molecule has 0 saturated heterocycles. The molecule has 1 aliphatic heterocycles. The molecule has 9 aromatic rings. The second kappa shape index (κ2) is 10.9. The molecule has 51 heavy (non-hydrogen) atoms. The van der Waals surface area contributed by atoms with Crippen molar-refractivity contribution in [2.75, 3.05) is 0 Å². The number of aliphatic imine (C=N–C) groups is 2. The molecule has 0 bridgehead atoms. The fraction of sp³-hybridized carbons (Fsp3) is 0.0213. The van der Waals surface area contributed by atoms with Crippen molar-refractivity contribution in [2.45, 2.75) is 6.17 Å². The van der Waals surface area contributed by atoms with Crippen molar-refractivity contribution in [2.24, 2.45) is 9.98 Å². The molecule has 1 aliphatic carbocycles. The van der Waals surface area contributed by atoms with E-state index in [1.807, 2.05) is 6.07 Å². The third kappa shape index (κ3) is 4.26. The molecule has 0 radical (unpaired) electrons. The van der Waals surface area contributed by atoms with Gasteiger partial charge in [0.2, 0.25) is 0 Å². The van der Waals surface area contributed by atoms with Crippen LogP contribution in [0.1, 0.15) is 22.9 Å². The van der Waals surface area contributed by atoms with Crippen molar-refractivity contribution in [1.29, 1.82) is 0 Å². The summed E-state index contributed by atoms with van der Waals surface area (Å²) in [4.78, 5) is 10.6. The van der Waals surface area contributed by atoms with Crippen LogP contribution in [0.25, 0.3) is 71.3 Å². The van der Waals surface area contributed by atoms with Crippen molar-refractivity contribution in [1.82, 2.24) is 9.88 Å². The van der Waals surface area contributed by atoms with Crippen LogP contribution in [0.15, 0.2) is 180 Å². The Morgan fingerprint density at radius 1 is 0.431 bits per heavy atom. The molecule has 2 aliphatic rings. The third-order valence-corrected chi connectivity index (χ3v) is 10.6. The number of amidine groups is 2. The zero-order chi connectivity index (χ0) is 33.5. The first kappa shape index (κ1) is 28.1. The van der Waals surface area contributed by atoms with Crippen LogP contribution in [0, 0.1) is 0 Å². The summed E-state index contributed by atoms with van der Waals surface area (Å²) in [5.74, 6) is 1.64. The second-order valence-corrected chi connectivity index (χ2v) is 13.4. The molecule has 0 saturated carbocycles. The van der Waals surface area contributed by atoms with Gasteiger partial charge in [-0.15, -0.1) is 0 Å². The van der Waals surface area contributed by atoms with Gasteiger partial charge in [-0.25, -0.2) is 9.98 Å². The molecule has 11 rings (SSSR count). The van der Waals surface area contributed by atoms with Crippen molar-refractivity contribution in [3.05, 3.63) is 187 Å². The Bertz CT molecular complexity index is 2900. The van der Waals surface area contributed by atoms with E-state index in [9.17, 15) is 0 Å². The van der Waals surface area contributed by atoms with E-state index >= 15 is 0 Å². The number of nitrogens with one attached hydrogen (secondary N) is 1. The number of para-hydroxylation sites is 2. The van der Waals surface area contributed by atoms with Gasteiger partial charge in [0.1, 0.15) is 11.7 Å². The average Bonchev–Trinajstić information content (AvgIpc) is 3.71. The van der Waals surface area contributed by atoms with E-state index < -0.39 is 6.17 Å². The first-order chi connectivity index (χ1) is 25.3. The predicted molar refractivity (Wildman–Crippen MR) is 212 cm³/mol. The summed E-state index contributed by atoms with van der Waals surface area (Å²) in [6, 6.07) is 60.8. The summed E-state index contributed by atoms with van der Waals surface area (Å²) in [7, 11) is 0. The van der Waals surface area contributed by atoms with E-state index in [0.29, 0.717) is 0 Å². The molecule has 1 aromatic heterocycles. The fourth-order valence-corrected chi connectivity index (χ4v) is 8.29. The van der Waals surface area contributed by atoms with Crippen molar-refractivity contribution in [3.8, 4) is 27.9 Å². The Hall–Kier alpha value is -6.78. The summed E-state index contributed by atoms with van der Waals surface area (Å²) in [6.07, 6.45) is -0.429. The van der Waals surface area contributed by atoms with Gasteiger partial charge in [0, 0.05) is 33.2 Å². The summed E-state index contributed by atoms with van der Waals surface area (Å²) >= 11 is 0. The Labute approximate surface area is 294 Å². The third-order valence-electron chi connectivity index (χ3n) is 10.6. The maximum absolute atomic E-state index is 5.37. The van der Waals surface area contributed by atoms with Gasteiger partial charge in [-0.05, 0) is 80.2 Å². The molecule has 1 N–H and O–H groups in total. The van der Waals surface area contributed by atoms with Crippen molar-refractivity contribution < 1.29 is 0 Å². The standard InChI is InChI=1S/C47H30N4/c1-2-12-29(13-3-1)45-48-46(32-26-31-15-11-20-39-35-16-4-5-17-36(35)41(28-32)44(31)39)50-47(49-45)40-21-10-14-30-27-33(24-25-34(30)40)51-42-22-8-6-18-37(42)38-19-7-9-23-43(38)51/h1-28,47H,(H,48,49,50). The number of rotatable bonds is 4. The van der Waals surface area contributed by atoms with Gasteiger partial charge in [-0.3, -0.25) is 0 Å². The minimum absolute atomic E-state index is 0.429. The zero-order valence-corrected chi connectivity index (χ0v) is 27.6. The van der Waals surface area contributed by atoms with Crippen LogP contribution in [0.4, 0.5) is 0 Å². The first-order valence-corrected chi connectivity index (χ1v) is 17.4. The Balaban J connectivity index is 1.08. The van der Waals surface area contributed by atoms with Crippen molar-refractivity contribution >= 4 is 55.0 Å². The van der Waals surface area contributed by atoms with Gasteiger partial charge < -0.3 is 9.88 Å². The maximum atomic E-state index is 5.37. The summed E-state index contributed by atoms with van der Waals surface area (Å²) in [5, 5.41) is 11.0. The number of fused-ring (bicyclic) bond motifs is 7. The minimum Gasteiger partial charge on any atom is -0.324 e. The number of aromatic nitrogens is 1. The van der Waals surface area contributed by atoms with Gasteiger partial charge in [0.05, 0.1) is 11.0 Å². The topological polar surface area (TPSA) is 41.7 Å². The Kier molecular flexibility index (Phi) is 5.98. The van der Waals surface area contributed by atoms with E-state index in [0.717, 1.165) is 44.8 Å². The summed E-state index contributed by atoms with van der Waals surface area (Å²) < 4.78 is 2.37. The van der Waals surface area contributed by atoms with Crippen LogP contribution in [0.3, 0.4) is 0 Å². The second-order valence-electron chi connectivity index (χ2n) is 13.4. The highest BCUT2D eigenvalue weighted by Crippen LogP contribution is 2.47. The quantitative estimate of drug-likeness (QED) is 0.202. The normalized spacial score (nSPS) is 14.9. The largest absolute Gasteiger partial charge is 0.324 e. The van der Waals surface area contributed by atoms with E-state index in [1.54, 1.807) is 0 Å². The maximum Gasteiger partial charge on any atom is 0.170 e. The average molecular weight is 651 g/mol. The molecule has 0 amide bonds. The van der Waals surface area contributed by atoms with E-state index in [4.69, 9.17) is 9.98 Å². The van der Waals surface area contributed by atoms with Gasteiger partial charge in [0.25, 0.3) is 0 Å². The lowest BCUT2D eigenvalue weighted by molar-refractivity contribution is 0.762. The van der Waals surface area contributed by atoms with Gasteiger partial charge in [-0.2, -0.15) is 0 Å². The molecule has 1 atom stereocenters. The first-order valence-electron chi connectivity index (χ1n) is 17.4. The number of hydrogen-bond donors (Lipinski definition) is 1. The van der Waals surface area contributed by atoms with Gasteiger partial charge in [0.15, 0.2) is 6.17 Å². The number of benzene rings is 8. The van der Waals surface area contributed by atoms with Crippen LogP contribution in [0.2, 0.25) is 0 Å². The van der Waals surface area contributed by atoms with Gasteiger partial charge in [-0.1, -0.05) is 133 Å². The molecule has 2 heterocycles. The lowest BCUT2D eigenvalue weighted by atomic mass is 9.98. The smallest absolute Gasteiger partial charge is 0.170 e. The summed E-state index contributed by atoms with van der Waals surface area (Å²) in [5.41, 5.74) is 11.8. The SMILES string of the molecule is c1ccc(C2=NC(c3cccc4cc(-n5c6ccccc6c6ccccc65)ccc34)N=C(c3cc4c5c(cccc5c3)-c3ccccc3-4)N2)cc1.